The minimum atomic E-state index is -4.67. The highest BCUT2D eigenvalue weighted by molar-refractivity contribution is 6.34. The van der Waals surface area contributed by atoms with Crippen LogP contribution in [0.1, 0.15) is 23.1 Å². The largest absolute Gasteiger partial charge is 0.436 e. The van der Waals surface area contributed by atoms with Crippen LogP contribution in [-0.2, 0) is 13.2 Å². The van der Waals surface area contributed by atoms with Gasteiger partial charge in [0.2, 0.25) is 0 Å². The van der Waals surface area contributed by atoms with Crippen molar-refractivity contribution in [1.82, 2.24) is 15.1 Å². The fraction of sp³-hybridized carbons (Fsp3) is 0.500. The Bertz CT molecular complexity index is 413. The van der Waals surface area contributed by atoms with Crippen molar-refractivity contribution >= 4 is 17.5 Å². The fourth-order valence-electron chi connectivity index (χ4n) is 1.17. The number of carbonyl (C=O) groups excluding carboxylic acids is 1. The van der Waals surface area contributed by atoms with Gasteiger partial charge in [0.1, 0.15) is 10.7 Å². The molecule has 1 amide bonds. The Balaban J connectivity index is 3.23. The summed E-state index contributed by atoms with van der Waals surface area (Å²) in [5.74, 6) is -0.682. The van der Waals surface area contributed by atoms with Crippen LogP contribution in [-0.4, -0.2) is 22.2 Å². The molecule has 4 nitrogen and oxygen atoms in total. The van der Waals surface area contributed by atoms with Crippen molar-refractivity contribution in [3.8, 4) is 0 Å². The fourth-order valence-corrected chi connectivity index (χ4v) is 1.52. The van der Waals surface area contributed by atoms with Crippen LogP contribution >= 0.6 is 11.6 Å². The number of amides is 1. The molecule has 90 valence electrons. The zero-order chi connectivity index (χ0) is 12.5. The molecule has 0 atom stereocenters. The maximum atomic E-state index is 12.4. The average Bonchev–Trinajstić information content (AvgIpc) is 2.41. The van der Waals surface area contributed by atoms with E-state index in [9.17, 15) is 18.0 Å². The van der Waals surface area contributed by atoms with Gasteiger partial charge in [-0.15, -0.1) is 0 Å². The highest BCUT2D eigenvalue weighted by atomic mass is 35.5. The molecule has 0 aliphatic rings. The molecular weight excluding hydrogens is 247 g/mol. The van der Waals surface area contributed by atoms with E-state index in [1.807, 2.05) is 0 Å². The van der Waals surface area contributed by atoms with Gasteiger partial charge < -0.3 is 5.32 Å². The normalized spacial score (nSPS) is 11.6. The minimum Gasteiger partial charge on any atom is -0.351 e. The summed E-state index contributed by atoms with van der Waals surface area (Å²) in [5, 5.41) is 4.86. The van der Waals surface area contributed by atoms with Gasteiger partial charge in [-0.1, -0.05) is 11.6 Å². The Hall–Kier alpha value is -1.24. The topological polar surface area (TPSA) is 46.9 Å². The van der Waals surface area contributed by atoms with Gasteiger partial charge >= 0.3 is 6.18 Å². The van der Waals surface area contributed by atoms with Crippen molar-refractivity contribution in [2.24, 2.45) is 7.05 Å². The van der Waals surface area contributed by atoms with Crippen molar-refractivity contribution in [2.75, 3.05) is 6.54 Å². The summed E-state index contributed by atoms with van der Waals surface area (Å²) in [4.78, 5) is 11.4. The molecule has 0 fully saturated rings. The number of halogens is 4. The van der Waals surface area contributed by atoms with Crippen LogP contribution < -0.4 is 5.32 Å². The van der Waals surface area contributed by atoms with Crippen LogP contribution in [0, 0.1) is 0 Å². The molecule has 0 saturated heterocycles. The SMILES string of the molecule is CCNC(=O)c1c(Cl)c(C(F)(F)F)nn1C. The third-order valence-corrected chi connectivity index (χ3v) is 2.17. The molecule has 1 N–H and O–H groups in total. The van der Waals surface area contributed by atoms with Crippen molar-refractivity contribution in [3.05, 3.63) is 16.4 Å². The van der Waals surface area contributed by atoms with Crippen LogP contribution in [0.3, 0.4) is 0 Å². The van der Waals surface area contributed by atoms with E-state index >= 15 is 0 Å². The third kappa shape index (κ3) is 2.29. The molecule has 0 aliphatic heterocycles. The molecule has 0 aromatic carbocycles. The van der Waals surface area contributed by atoms with Crippen LogP contribution in [0.25, 0.3) is 0 Å². The second kappa shape index (κ2) is 4.32. The summed E-state index contributed by atoms with van der Waals surface area (Å²) < 4.78 is 38.0. The first-order valence-corrected chi connectivity index (χ1v) is 4.74. The van der Waals surface area contributed by atoms with Crippen LogP contribution in [0.2, 0.25) is 5.02 Å². The van der Waals surface area contributed by atoms with E-state index in [4.69, 9.17) is 11.6 Å². The number of rotatable bonds is 2. The summed E-state index contributed by atoms with van der Waals surface area (Å²) >= 11 is 5.48. The lowest BCUT2D eigenvalue weighted by Gasteiger charge is -2.02. The Morgan fingerprint density at radius 2 is 2.12 bits per heavy atom. The Morgan fingerprint density at radius 1 is 1.56 bits per heavy atom. The lowest BCUT2D eigenvalue weighted by atomic mass is 10.3. The summed E-state index contributed by atoms with van der Waals surface area (Å²) in [6.45, 7) is 1.94. The predicted molar refractivity (Wildman–Crippen MR) is 51.2 cm³/mol. The van der Waals surface area contributed by atoms with Gasteiger partial charge in [0.05, 0.1) is 0 Å². The molecule has 0 radical (unpaired) electrons. The monoisotopic (exact) mass is 255 g/mol. The first-order valence-electron chi connectivity index (χ1n) is 4.37. The van der Waals surface area contributed by atoms with Crippen molar-refractivity contribution in [1.29, 1.82) is 0 Å². The highest BCUT2D eigenvalue weighted by Gasteiger charge is 2.39. The minimum absolute atomic E-state index is 0.293. The molecule has 1 heterocycles. The standard InChI is InChI=1S/C8H9ClF3N3O/c1-3-13-7(16)5-4(9)6(8(10,11)12)14-15(5)2/h3H2,1-2H3,(H,13,16). The number of nitrogens with one attached hydrogen (secondary N) is 1. The van der Waals surface area contributed by atoms with Gasteiger partial charge in [-0.2, -0.15) is 18.3 Å². The van der Waals surface area contributed by atoms with E-state index in [1.54, 1.807) is 6.92 Å². The first-order chi connectivity index (χ1) is 7.29. The second-order valence-electron chi connectivity index (χ2n) is 2.99. The Morgan fingerprint density at radius 3 is 2.50 bits per heavy atom. The van der Waals surface area contributed by atoms with E-state index in [0.717, 1.165) is 4.68 Å². The lowest BCUT2D eigenvalue weighted by molar-refractivity contribution is -0.141. The Kier molecular flexibility index (Phi) is 3.47. The van der Waals surface area contributed by atoms with E-state index in [-0.39, 0.29) is 5.69 Å². The molecule has 8 heteroatoms. The molecule has 16 heavy (non-hydrogen) atoms. The highest BCUT2D eigenvalue weighted by Crippen LogP contribution is 2.35. The quantitative estimate of drug-likeness (QED) is 0.877. The molecule has 0 bridgehead atoms. The number of carbonyl (C=O) groups is 1. The zero-order valence-electron chi connectivity index (χ0n) is 8.52. The number of aryl methyl sites for hydroxylation is 1. The number of alkyl halides is 3. The lowest BCUT2D eigenvalue weighted by Crippen LogP contribution is -2.25. The molecule has 0 aliphatic carbocycles. The van der Waals surface area contributed by atoms with Gasteiger partial charge in [0.25, 0.3) is 5.91 Å². The van der Waals surface area contributed by atoms with E-state index < -0.39 is 22.8 Å². The molecule has 0 saturated carbocycles. The van der Waals surface area contributed by atoms with E-state index in [2.05, 4.69) is 10.4 Å². The number of hydrogen-bond donors (Lipinski definition) is 1. The van der Waals surface area contributed by atoms with Crippen LogP contribution in [0.4, 0.5) is 13.2 Å². The van der Waals surface area contributed by atoms with E-state index in [0.29, 0.717) is 6.54 Å². The van der Waals surface area contributed by atoms with E-state index in [1.165, 1.54) is 7.05 Å². The van der Waals surface area contributed by atoms with Gasteiger partial charge in [0, 0.05) is 13.6 Å². The maximum Gasteiger partial charge on any atom is 0.436 e. The second-order valence-corrected chi connectivity index (χ2v) is 3.37. The van der Waals surface area contributed by atoms with Crippen molar-refractivity contribution in [3.63, 3.8) is 0 Å². The summed E-state index contributed by atoms with van der Waals surface area (Å²) in [6.07, 6.45) is -4.67. The van der Waals surface area contributed by atoms with Crippen LogP contribution in [0.15, 0.2) is 0 Å². The summed E-state index contributed by atoms with van der Waals surface area (Å²) in [6, 6.07) is 0. The average molecular weight is 256 g/mol. The summed E-state index contributed by atoms with van der Waals surface area (Å²) in [5.41, 5.74) is -1.55. The number of hydrogen-bond acceptors (Lipinski definition) is 2. The molecule has 0 unspecified atom stereocenters. The van der Waals surface area contributed by atoms with Crippen molar-refractivity contribution < 1.29 is 18.0 Å². The van der Waals surface area contributed by atoms with Gasteiger partial charge in [-0.3, -0.25) is 9.48 Å². The third-order valence-electron chi connectivity index (χ3n) is 1.81. The molecular formula is C8H9ClF3N3O. The molecule has 0 spiro atoms. The molecule has 1 rings (SSSR count). The van der Waals surface area contributed by atoms with Crippen LogP contribution in [0.5, 0.6) is 0 Å². The first kappa shape index (κ1) is 12.8. The van der Waals surface area contributed by atoms with Gasteiger partial charge in [-0.25, -0.2) is 0 Å². The number of aromatic nitrogens is 2. The molecule has 1 aromatic heterocycles. The zero-order valence-corrected chi connectivity index (χ0v) is 9.28. The predicted octanol–water partition coefficient (Wildman–Crippen LogP) is 1.84. The summed E-state index contributed by atoms with van der Waals surface area (Å²) in [7, 11) is 1.23. The maximum absolute atomic E-state index is 12.4. The number of nitrogens with zero attached hydrogens (tertiary/aromatic N) is 2. The smallest absolute Gasteiger partial charge is 0.351 e. The van der Waals surface area contributed by atoms with Crippen molar-refractivity contribution in [2.45, 2.75) is 13.1 Å². The van der Waals surface area contributed by atoms with Gasteiger partial charge in [0.15, 0.2) is 5.69 Å². The molecule has 1 aromatic rings. The Labute approximate surface area is 94.4 Å². The van der Waals surface area contributed by atoms with Gasteiger partial charge in [-0.05, 0) is 6.92 Å².